The molecule has 0 rings (SSSR count). The lowest BCUT2D eigenvalue weighted by atomic mass is 10.1. The van der Waals surface area contributed by atoms with Gasteiger partial charge in [-0.05, 0) is 38.6 Å². The topological polar surface area (TPSA) is 53.0 Å². The maximum absolute atomic E-state index is 11.6. The Morgan fingerprint density at radius 3 is 2.40 bits per heavy atom. The molecule has 5 nitrogen and oxygen atoms in total. The number of amides is 1. The normalized spacial score (nSPS) is 14.2. The largest absolute Gasteiger partial charge is 0.414 e. The number of carbonyl (C=O) groups excluding carboxylic acids is 1. The van der Waals surface area contributed by atoms with Crippen LogP contribution in [0.1, 0.15) is 13.8 Å². The Hall–Kier alpha value is -1.59. The van der Waals surface area contributed by atoms with Gasteiger partial charge in [-0.15, -0.1) is 0 Å². The van der Waals surface area contributed by atoms with Gasteiger partial charge in [-0.2, -0.15) is 0 Å². The summed E-state index contributed by atoms with van der Waals surface area (Å²) in [6.07, 6.45) is 4.82. The van der Waals surface area contributed by atoms with E-state index in [1.807, 2.05) is 18.9 Å². The second-order valence-corrected chi connectivity index (χ2v) is 4.68. The molecule has 0 aliphatic carbocycles. The van der Waals surface area contributed by atoms with Crippen LogP contribution in [-0.2, 0) is 4.74 Å². The predicted octanol–water partition coefficient (Wildman–Crippen LogP) is 2.01. The van der Waals surface area contributed by atoms with Crippen LogP contribution in [0.5, 0.6) is 0 Å². The summed E-state index contributed by atoms with van der Waals surface area (Å²) >= 11 is 0. The maximum Gasteiger partial charge on any atom is 0.414 e. The fraction of sp³-hybridized carbons (Fsp3) is 0.533. The molecule has 0 aliphatic heterocycles. The number of ether oxygens (including phenoxy) is 1. The van der Waals surface area contributed by atoms with Crippen molar-refractivity contribution in [2.45, 2.75) is 19.9 Å². The van der Waals surface area contributed by atoms with Crippen LogP contribution >= 0.6 is 0 Å². The van der Waals surface area contributed by atoms with Crippen LogP contribution in [-0.4, -0.2) is 61.3 Å². The van der Waals surface area contributed by atoms with Gasteiger partial charge >= 0.3 is 6.09 Å². The van der Waals surface area contributed by atoms with Crippen molar-refractivity contribution in [3.05, 3.63) is 36.1 Å². The molecule has 0 radical (unpaired) electrons. The number of aliphatic hydroxyl groups excluding tert-OH is 1. The van der Waals surface area contributed by atoms with Gasteiger partial charge in [-0.25, -0.2) is 4.79 Å². The first-order valence-corrected chi connectivity index (χ1v) is 6.57. The average Bonchev–Trinajstić information content (AvgIpc) is 2.42. The number of allylic oxidation sites excluding steroid dienone is 2. The summed E-state index contributed by atoms with van der Waals surface area (Å²) in [5.41, 5.74) is 0.917. The predicted molar refractivity (Wildman–Crippen MR) is 81.4 cm³/mol. The van der Waals surface area contributed by atoms with E-state index in [1.165, 1.54) is 4.90 Å². The van der Waals surface area contributed by atoms with Crippen molar-refractivity contribution in [1.29, 1.82) is 0 Å². The highest BCUT2D eigenvalue weighted by atomic mass is 16.6. The molecule has 0 aliphatic rings. The lowest BCUT2D eigenvalue weighted by molar-refractivity contribution is 0.149. The molecular weight excluding hydrogens is 256 g/mol. The average molecular weight is 282 g/mol. The molecule has 1 atom stereocenters. The first-order chi connectivity index (χ1) is 9.37. The Kier molecular flexibility index (Phi) is 8.59. The summed E-state index contributed by atoms with van der Waals surface area (Å²) in [4.78, 5) is 14.9. The number of likely N-dealkylation sites (N-methyl/N-ethyl adjacent to an activating group) is 1. The Balaban J connectivity index is 5.01. The second kappa shape index (κ2) is 9.34. The molecule has 114 valence electrons. The third-order valence-electron chi connectivity index (χ3n) is 3.00. The van der Waals surface area contributed by atoms with E-state index in [1.54, 1.807) is 39.2 Å². The van der Waals surface area contributed by atoms with Crippen LogP contribution in [0.25, 0.3) is 0 Å². The highest BCUT2D eigenvalue weighted by Crippen LogP contribution is 2.14. The third-order valence-corrected chi connectivity index (χ3v) is 3.00. The van der Waals surface area contributed by atoms with E-state index in [4.69, 9.17) is 9.84 Å². The highest BCUT2D eigenvalue weighted by molar-refractivity contribution is 5.68. The van der Waals surface area contributed by atoms with Crippen LogP contribution < -0.4 is 0 Å². The zero-order chi connectivity index (χ0) is 15.7. The van der Waals surface area contributed by atoms with Crippen LogP contribution in [0.2, 0.25) is 0 Å². The van der Waals surface area contributed by atoms with E-state index in [-0.39, 0.29) is 12.6 Å². The number of nitrogens with zero attached hydrogens (tertiary/aromatic N) is 2. The van der Waals surface area contributed by atoms with Crippen molar-refractivity contribution in [3.63, 3.8) is 0 Å². The number of carbonyl (C=O) groups is 1. The number of hydrogen-bond donors (Lipinski definition) is 1. The summed E-state index contributed by atoms with van der Waals surface area (Å²) < 4.78 is 5.24. The highest BCUT2D eigenvalue weighted by Gasteiger charge is 2.13. The van der Waals surface area contributed by atoms with E-state index in [0.29, 0.717) is 12.3 Å². The smallest absolute Gasteiger partial charge is 0.411 e. The van der Waals surface area contributed by atoms with Gasteiger partial charge in [0.05, 0.1) is 6.61 Å². The van der Waals surface area contributed by atoms with Gasteiger partial charge in [0.2, 0.25) is 0 Å². The Bertz CT molecular complexity index is 387. The molecule has 0 aromatic heterocycles. The van der Waals surface area contributed by atoms with Crippen LogP contribution in [0, 0.1) is 0 Å². The number of rotatable bonds is 7. The number of aliphatic hydroxyl groups is 1. The monoisotopic (exact) mass is 282 g/mol. The van der Waals surface area contributed by atoms with Crippen molar-refractivity contribution in [3.8, 4) is 0 Å². The molecule has 0 saturated carbocycles. The number of hydrogen-bond acceptors (Lipinski definition) is 4. The molecule has 20 heavy (non-hydrogen) atoms. The molecule has 0 spiro atoms. The molecule has 0 bridgehead atoms. The Morgan fingerprint density at radius 1 is 1.40 bits per heavy atom. The Morgan fingerprint density at radius 2 is 2.00 bits per heavy atom. The van der Waals surface area contributed by atoms with Crippen molar-refractivity contribution in [2.75, 3.05) is 34.3 Å². The molecule has 1 amide bonds. The van der Waals surface area contributed by atoms with Crippen LogP contribution in [0.15, 0.2) is 36.1 Å². The van der Waals surface area contributed by atoms with Crippen LogP contribution in [0.3, 0.4) is 0 Å². The molecule has 5 heteroatoms. The van der Waals surface area contributed by atoms with E-state index >= 15 is 0 Å². The SMILES string of the molecule is C=C/C(=C\C(=C/C)OC(=O)N(C)C)C(C)N(C)CCO. The van der Waals surface area contributed by atoms with Gasteiger partial charge in [0.25, 0.3) is 0 Å². The molecule has 1 unspecified atom stereocenters. The Labute approximate surface area is 121 Å². The van der Waals surface area contributed by atoms with Crippen molar-refractivity contribution >= 4 is 6.09 Å². The summed E-state index contributed by atoms with van der Waals surface area (Å²) in [5.74, 6) is 0.475. The first-order valence-electron chi connectivity index (χ1n) is 6.57. The van der Waals surface area contributed by atoms with E-state index in [9.17, 15) is 4.79 Å². The van der Waals surface area contributed by atoms with Gasteiger partial charge in [0.15, 0.2) is 0 Å². The van der Waals surface area contributed by atoms with Gasteiger partial charge < -0.3 is 14.7 Å². The summed E-state index contributed by atoms with van der Waals surface area (Å²) in [7, 11) is 5.18. The summed E-state index contributed by atoms with van der Waals surface area (Å²) in [6, 6.07) is 0.0626. The van der Waals surface area contributed by atoms with Crippen molar-refractivity contribution < 1.29 is 14.6 Å². The molecule has 1 N–H and O–H groups in total. The molecule has 0 aromatic carbocycles. The molecule has 0 aromatic rings. The fourth-order valence-corrected chi connectivity index (χ4v) is 1.48. The van der Waals surface area contributed by atoms with Gasteiger partial charge in [-0.1, -0.05) is 12.7 Å². The second-order valence-electron chi connectivity index (χ2n) is 4.68. The molecular formula is C15H26N2O3. The third kappa shape index (κ3) is 6.04. The maximum atomic E-state index is 11.6. The molecule has 0 fully saturated rings. The van der Waals surface area contributed by atoms with Gasteiger partial charge in [-0.3, -0.25) is 4.90 Å². The van der Waals surface area contributed by atoms with Crippen molar-refractivity contribution in [2.24, 2.45) is 0 Å². The lowest BCUT2D eigenvalue weighted by Crippen LogP contribution is -2.32. The van der Waals surface area contributed by atoms with E-state index < -0.39 is 6.09 Å². The van der Waals surface area contributed by atoms with Gasteiger partial charge in [0, 0.05) is 26.7 Å². The molecule has 0 heterocycles. The zero-order valence-electron chi connectivity index (χ0n) is 13.1. The summed E-state index contributed by atoms with van der Waals surface area (Å²) in [6.45, 7) is 8.26. The minimum absolute atomic E-state index is 0.0626. The first kappa shape index (κ1) is 18.4. The zero-order valence-corrected chi connectivity index (χ0v) is 13.1. The quantitative estimate of drug-likeness (QED) is 0.573. The minimum atomic E-state index is -0.422. The van der Waals surface area contributed by atoms with Gasteiger partial charge in [0.1, 0.15) is 5.76 Å². The summed E-state index contributed by atoms with van der Waals surface area (Å²) in [5, 5.41) is 8.97. The minimum Gasteiger partial charge on any atom is -0.411 e. The van der Waals surface area contributed by atoms with E-state index in [2.05, 4.69) is 6.58 Å². The molecule has 0 saturated heterocycles. The van der Waals surface area contributed by atoms with Crippen LogP contribution in [0.4, 0.5) is 4.79 Å². The van der Waals surface area contributed by atoms with E-state index in [0.717, 1.165) is 5.57 Å². The lowest BCUT2D eigenvalue weighted by Gasteiger charge is -2.25. The van der Waals surface area contributed by atoms with Crippen molar-refractivity contribution in [1.82, 2.24) is 9.80 Å². The standard InChI is InChI=1S/C15H26N2O3/c1-7-13(12(3)17(6)9-10-18)11-14(8-2)20-15(19)16(4)5/h7-8,11-12,18H,1,9-10H2,2-6H3/b13-11+,14-8+. The fourth-order valence-electron chi connectivity index (χ4n) is 1.48.